The number of hydrogen-bond donors (Lipinski definition) is 1. The SMILES string of the molecule is Cc1noc(C)c1CCC1CCN(S(=O)(=O)C[C@](C)(C[C@H](C)c2ccc(F)cc2)N(O)C=O)CC1. The van der Waals surface area contributed by atoms with Crippen molar-refractivity contribution in [3.8, 4) is 0 Å². The zero-order chi connectivity index (χ0) is 25.8. The number of carbonyl (C=O) groups is 1. The molecule has 1 aliphatic rings. The van der Waals surface area contributed by atoms with Crippen LogP contribution in [0.3, 0.4) is 0 Å². The van der Waals surface area contributed by atoms with Crippen LogP contribution in [0.5, 0.6) is 0 Å². The highest BCUT2D eigenvalue weighted by Crippen LogP contribution is 2.32. The summed E-state index contributed by atoms with van der Waals surface area (Å²) >= 11 is 0. The zero-order valence-corrected chi connectivity index (χ0v) is 21.7. The number of halogens is 1. The quantitative estimate of drug-likeness (QED) is 0.277. The topological polar surface area (TPSA) is 104 Å². The molecular formula is C25H36FN3O5S. The lowest BCUT2D eigenvalue weighted by atomic mass is 9.87. The Labute approximate surface area is 207 Å². The van der Waals surface area contributed by atoms with E-state index in [1.807, 2.05) is 20.8 Å². The third kappa shape index (κ3) is 6.68. The molecule has 2 atom stereocenters. The molecule has 1 amide bonds. The number of sulfonamides is 1. The van der Waals surface area contributed by atoms with Crippen molar-refractivity contribution >= 4 is 16.4 Å². The second-order valence-corrected chi connectivity index (χ2v) is 12.0. The molecule has 10 heteroatoms. The Morgan fingerprint density at radius 3 is 2.46 bits per heavy atom. The third-order valence-electron chi connectivity index (χ3n) is 7.28. The van der Waals surface area contributed by atoms with Gasteiger partial charge in [-0.3, -0.25) is 10.0 Å². The summed E-state index contributed by atoms with van der Waals surface area (Å²) in [7, 11) is -3.74. The maximum Gasteiger partial charge on any atom is 0.233 e. The van der Waals surface area contributed by atoms with Gasteiger partial charge >= 0.3 is 0 Å². The van der Waals surface area contributed by atoms with E-state index in [1.54, 1.807) is 19.1 Å². The minimum atomic E-state index is -3.74. The molecule has 0 bridgehead atoms. The largest absolute Gasteiger partial charge is 0.361 e. The molecule has 194 valence electrons. The molecule has 1 fully saturated rings. The van der Waals surface area contributed by atoms with Crippen LogP contribution in [0.1, 0.15) is 68.0 Å². The smallest absolute Gasteiger partial charge is 0.233 e. The maximum atomic E-state index is 13.3. The molecule has 1 N–H and O–H groups in total. The normalized spacial score (nSPS) is 18.2. The minimum absolute atomic E-state index is 0.195. The molecule has 0 aliphatic carbocycles. The summed E-state index contributed by atoms with van der Waals surface area (Å²) in [5, 5.41) is 14.8. The summed E-state index contributed by atoms with van der Waals surface area (Å²) in [6, 6.07) is 5.94. The van der Waals surface area contributed by atoms with Crippen LogP contribution in [-0.4, -0.2) is 58.9 Å². The predicted octanol–water partition coefficient (Wildman–Crippen LogP) is 4.21. The first kappa shape index (κ1) is 27.3. The lowest BCUT2D eigenvalue weighted by Crippen LogP contribution is -2.53. The van der Waals surface area contributed by atoms with Gasteiger partial charge in [-0.05, 0) is 82.4 Å². The monoisotopic (exact) mass is 509 g/mol. The number of carbonyl (C=O) groups excluding carboxylic acids is 1. The van der Waals surface area contributed by atoms with E-state index in [0.717, 1.165) is 48.3 Å². The number of hydrogen-bond acceptors (Lipinski definition) is 6. The van der Waals surface area contributed by atoms with E-state index >= 15 is 0 Å². The number of aryl methyl sites for hydroxylation is 2. The molecule has 2 heterocycles. The Balaban J connectivity index is 1.62. The fourth-order valence-corrected chi connectivity index (χ4v) is 7.07. The summed E-state index contributed by atoms with van der Waals surface area (Å²) in [5.74, 6) is 0.271. The molecule has 1 aliphatic heterocycles. The molecule has 2 aromatic rings. The maximum absolute atomic E-state index is 13.3. The summed E-state index contributed by atoms with van der Waals surface area (Å²) in [6.45, 7) is 8.08. The Morgan fingerprint density at radius 2 is 1.91 bits per heavy atom. The summed E-state index contributed by atoms with van der Waals surface area (Å²) in [5.41, 5.74) is 1.49. The lowest BCUT2D eigenvalue weighted by molar-refractivity contribution is -0.175. The Kier molecular flexibility index (Phi) is 8.72. The van der Waals surface area contributed by atoms with Gasteiger partial charge in [-0.15, -0.1) is 0 Å². The van der Waals surface area contributed by atoms with Gasteiger partial charge in [0.15, 0.2) is 0 Å². The van der Waals surface area contributed by atoms with Crippen LogP contribution < -0.4 is 0 Å². The van der Waals surface area contributed by atoms with E-state index in [-0.39, 0.29) is 24.6 Å². The molecule has 1 saturated heterocycles. The van der Waals surface area contributed by atoms with E-state index in [1.165, 1.54) is 16.4 Å². The highest BCUT2D eigenvalue weighted by Gasteiger charge is 2.40. The number of amides is 1. The van der Waals surface area contributed by atoms with Crippen molar-refractivity contribution in [2.45, 2.75) is 71.3 Å². The lowest BCUT2D eigenvalue weighted by Gasteiger charge is -2.39. The number of aromatic nitrogens is 1. The molecule has 0 radical (unpaired) electrons. The summed E-state index contributed by atoms with van der Waals surface area (Å²) < 4.78 is 46.6. The molecule has 0 saturated carbocycles. The van der Waals surface area contributed by atoms with Crippen LogP contribution in [0.25, 0.3) is 0 Å². The third-order valence-corrected chi connectivity index (χ3v) is 9.42. The van der Waals surface area contributed by atoms with Gasteiger partial charge in [-0.2, -0.15) is 0 Å². The zero-order valence-electron chi connectivity index (χ0n) is 20.9. The van der Waals surface area contributed by atoms with Gasteiger partial charge in [0.05, 0.1) is 17.0 Å². The van der Waals surface area contributed by atoms with E-state index in [9.17, 15) is 22.8 Å². The van der Waals surface area contributed by atoms with Gasteiger partial charge in [0, 0.05) is 18.7 Å². The van der Waals surface area contributed by atoms with Gasteiger partial charge in [-0.1, -0.05) is 24.2 Å². The molecule has 1 aromatic carbocycles. The van der Waals surface area contributed by atoms with E-state index in [2.05, 4.69) is 5.16 Å². The summed E-state index contributed by atoms with van der Waals surface area (Å²) in [4.78, 5) is 11.4. The van der Waals surface area contributed by atoms with Gasteiger partial charge < -0.3 is 4.52 Å². The predicted molar refractivity (Wildman–Crippen MR) is 130 cm³/mol. The first-order valence-corrected chi connectivity index (χ1v) is 13.6. The van der Waals surface area contributed by atoms with Crippen molar-refractivity contribution in [1.29, 1.82) is 0 Å². The molecular weight excluding hydrogens is 473 g/mol. The van der Waals surface area contributed by atoms with Gasteiger partial charge in [0.2, 0.25) is 16.4 Å². The minimum Gasteiger partial charge on any atom is -0.361 e. The molecule has 3 rings (SSSR count). The molecule has 0 spiro atoms. The van der Waals surface area contributed by atoms with Crippen LogP contribution >= 0.6 is 0 Å². The van der Waals surface area contributed by atoms with Gasteiger partial charge in [-0.25, -0.2) is 22.2 Å². The second-order valence-electron chi connectivity index (χ2n) is 10.0. The number of benzene rings is 1. The Morgan fingerprint density at radius 1 is 1.29 bits per heavy atom. The number of hydroxylamine groups is 2. The first-order valence-electron chi connectivity index (χ1n) is 12.0. The standard InChI is InChI=1S/C25H36FN3O5S/c1-18(22-6-8-23(26)9-7-22)15-25(4,29(31)17-30)16-35(32,33)28-13-11-21(12-14-28)5-10-24-19(2)27-34-20(24)3/h6-9,17-18,21,31H,5,10-16H2,1-4H3/t18-,25-/m0/s1. The van der Waals surface area contributed by atoms with Crippen molar-refractivity contribution in [2.24, 2.45) is 5.92 Å². The van der Waals surface area contributed by atoms with Crippen molar-refractivity contribution in [3.63, 3.8) is 0 Å². The van der Waals surface area contributed by atoms with Crippen molar-refractivity contribution in [1.82, 2.24) is 14.5 Å². The highest BCUT2D eigenvalue weighted by molar-refractivity contribution is 7.89. The number of rotatable bonds is 11. The second kappa shape index (κ2) is 11.2. The van der Waals surface area contributed by atoms with E-state index in [4.69, 9.17) is 4.52 Å². The van der Waals surface area contributed by atoms with Crippen molar-refractivity contribution in [2.75, 3.05) is 18.8 Å². The molecule has 1 aromatic heterocycles. The van der Waals surface area contributed by atoms with Crippen LogP contribution in [0.4, 0.5) is 4.39 Å². The fourth-order valence-electron chi connectivity index (χ4n) is 5.08. The highest BCUT2D eigenvalue weighted by atomic mass is 32.2. The van der Waals surface area contributed by atoms with E-state index in [0.29, 0.717) is 24.1 Å². The Hall–Kier alpha value is -2.30. The van der Waals surface area contributed by atoms with Crippen LogP contribution in [-0.2, 0) is 21.2 Å². The van der Waals surface area contributed by atoms with Gasteiger partial charge in [0.1, 0.15) is 11.6 Å². The van der Waals surface area contributed by atoms with Crippen molar-refractivity contribution < 1.29 is 27.3 Å². The molecule has 35 heavy (non-hydrogen) atoms. The van der Waals surface area contributed by atoms with Crippen LogP contribution in [0.15, 0.2) is 28.8 Å². The van der Waals surface area contributed by atoms with Gasteiger partial charge in [0.25, 0.3) is 0 Å². The number of piperidine rings is 1. The number of nitrogens with zero attached hydrogens (tertiary/aromatic N) is 3. The average Bonchev–Trinajstić information content (AvgIpc) is 3.14. The Bertz CT molecular complexity index is 1080. The molecule has 8 nitrogen and oxygen atoms in total. The first-order chi connectivity index (χ1) is 16.4. The van der Waals surface area contributed by atoms with Crippen LogP contribution in [0, 0.1) is 25.6 Å². The van der Waals surface area contributed by atoms with Crippen molar-refractivity contribution in [3.05, 3.63) is 52.7 Å². The molecule has 0 unspecified atom stereocenters. The fraction of sp³-hybridized carbons (Fsp3) is 0.600. The average molecular weight is 510 g/mol. The summed E-state index contributed by atoms with van der Waals surface area (Å²) in [6.07, 6.45) is 3.74. The van der Waals surface area contributed by atoms with Crippen LogP contribution in [0.2, 0.25) is 0 Å². The van der Waals surface area contributed by atoms with E-state index < -0.39 is 21.3 Å².